The van der Waals surface area contributed by atoms with Crippen LogP contribution in [0.2, 0.25) is 0 Å². The van der Waals surface area contributed by atoms with Gasteiger partial charge in [0.25, 0.3) is 6.33 Å². The van der Waals surface area contributed by atoms with E-state index in [0.717, 1.165) is 33.2 Å². The number of nitrogens with zero attached hydrogens (tertiary/aromatic N) is 4. The van der Waals surface area contributed by atoms with Crippen molar-refractivity contribution in [3.63, 3.8) is 0 Å². The van der Waals surface area contributed by atoms with Gasteiger partial charge < -0.3 is 4.74 Å². The third-order valence-electron chi connectivity index (χ3n) is 13.3. The van der Waals surface area contributed by atoms with Crippen LogP contribution in [0.4, 0.5) is 0 Å². The molecule has 12 aromatic rings. The predicted molar refractivity (Wildman–Crippen MR) is 309 cm³/mol. The Labute approximate surface area is 462 Å². The van der Waals surface area contributed by atoms with Crippen molar-refractivity contribution in [2.24, 2.45) is 0 Å². The maximum absolute atomic E-state index is 10.7. The van der Waals surface area contributed by atoms with E-state index in [4.69, 9.17) is 22.1 Å². The molecule has 5 nitrogen and oxygen atoms in total. The largest absolute Gasteiger partial charge is 0.458 e. The molecule has 12 rings (SSSR count). The van der Waals surface area contributed by atoms with Crippen molar-refractivity contribution in [3.05, 3.63) is 260 Å². The second-order valence-electron chi connectivity index (χ2n) is 20.0. The molecule has 9 aromatic carbocycles. The molecule has 0 aliphatic rings. The molecule has 74 heavy (non-hydrogen) atoms. The first kappa shape index (κ1) is 29.8. The summed E-state index contributed by atoms with van der Waals surface area (Å²) < 4.78 is 191. The standard InChI is InChI=1S/C68H58N4OSi/c1-67(2,3)49-41-42-69-65(44-49)72-61-36-17-16-33-58(61)59-40-39-52(46-64(59)72)73-51-25-21-24-50(45-51)70-47-71(63-38-19-18-37-62(63)70)66-57(34-22-35-60(66)68(4,5)6)48-23-20-32-56(43-48)74(53-26-10-7-11-27-53,54-28-12-8-13-29-54)55-30-14-9-15-31-55/h7-46H,1-6H3/i7D,8D,9D,10D,11D,12D,13D,14D,15D,20D,23D,26D,27D,28D,29D,30D,31D,32D,43D. The van der Waals surface area contributed by atoms with Crippen molar-refractivity contribution in [3.8, 4) is 39.8 Å². The molecule has 0 bridgehead atoms. The molecule has 0 aliphatic heterocycles. The molecule has 0 saturated carbocycles. The summed E-state index contributed by atoms with van der Waals surface area (Å²) in [5.41, 5.74) is 4.24. The van der Waals surface area contributed by atoms with Gasteiger partial charge in [0.2, 0.25) is 0 Å². The molecule has 360 valence electrons. The molecule has 0 aliphatic carbocycles. The van der Waals surface area contributed by atoms with Gasteiger partial charge in [-0.05, 0) is 102 Å². The Kier molecular flexibility index (Phi) is 7.44. The summed E-state index contributed by atoms with van der Waals surface area (Å²) in [5, 5.41) is -1.61. The predicted octanol–water partition coefficient (Wildman–Crippen LogP) is 13.6. The maximum Gasteiger partial charge on any atom is 0.269 e. The number of benzene rings is 9. The molecule has 0 unspecified atom stereocenters. The Morgan fingerprint density at radius 1 is 0.541 bits per heavy atom. The van der Waals surface area contributed by atoms with Gasteiger partial charge in [-0.3, -0.25) is 13.7 Å². The van der Waals surface area contributed by atoms with Crippen molar-refractivity contribution >= 4 is 61.7 Å². The van der Waals surface area contributed by atoms with Crippen molar-refractivity contribution in [2.45, 2.75) is 52.4 Å². The van der Waals surface area contributed by atoms with E-state index in [2.05, 4.69) is 49.9 Å². The fourth-order valence-corrected chi connectivity index (χ4v) is 13.4. The van der Waals surface area contributed by atoms with Crippen molar-refractivity contribution in [1.29, 1.82) is 0 Å². The highest BCUT2D eigenvalue weighted by molar-refractivity contribution is 7.19. The lowest BCUT2D eigenvalue weighted by molar-refractivity contribution is -0.572. The second-order valence-corrected chi connectivity index (χ2v) is 23.5. The number of fused-ring (bicyclic) bond motifs is 4. The van der Waals surface area contributed by atoms with E-state index in [-0.39, 0.29) is 16.7 Å². The minimum atomic E-state index is -6.15. The highest BCUT2D eigenvalue weighted by atomic mass is 28.3. The fourth-order valence-electron chi connectivity index (χ4n) is 9.83. The lowest BCUT2D eigenvalue weighted by Crippen LogP contribution is -2.74. The monoisotopic (exact) mass is 994 g/mol. The number of pyridine rings is 1. The summed E-state index contributed by atoms with van der Waals surface area (Å²) in [7, 11) is -6.15. The number of ether oxygens (including phenoxy) is 1. The van der Waals surface area contributed by atoms with Crippen molar-refractivity contribution < 1.29 is 35.3 Å². The Hall–Kier alpha value is -8.58. The molecule has 0 spiro atoms. The Morgan fingerprint density at radius 3 is 1.85 bits per heavy atom. The SMILES string of the molecule is [2H]c1c([2H])c([2H])c([Si](c2c([2H])c([2H])c([2H])c([2H])c2[2H])(c2c([2H])c([2H])c([2H])c([2H])c2[2H])c2c([2H])c([2H])c([2H])c(-c3cccc(C(C)(C)C)c3-[n+]3[c-]n(-c4cccc(Oc5ccc6c7ccccc7n(-c7cc(C(C)(C)C)ccn7)c6c5)c4)c4ccccc43)c2[2H])c([2H])c1[2H]. The summed E-state index contributed by atoms with van der Waals surface area (Å²) >= 11 is 0. The molecule has 3 aromatic heterocycles. The molecule has 0 amide bonds. The molecule has 0 N–H and O–H groups in total. The molecule has 6 heteroatoms. The van der Waals surface area contributed by atoms with E-state index < -0.39 is 155 Å². The van der Waals surface area contributed by atoms with Crippen LogP contribution in [-0.4, -0.2) is 22.2 Å². The summed E-state index contributed by atoms with van der Waals surface area (Å²) in [6.45, 7) is 12.3. The van der Waals surface area contributed by atoms with Gasteiger partial charge in [-0.25, -0.2) is 4.98 Å². The number of imidazole rings is 1. The van der Waals surface area contributed by atoms with Crippen molar-refractivity contribution in [2.75, 3.05) is 0 Å². The van der Waals surface area contributed by atoms with Crippen LogP contribution in [0.1, 0.15) is 78.7 Å². The van der Waals surface area contributed by atoms with Crippen LogP contribution < -0.4 is 30.1 Å². The highest BCUT2D eigenvalue weighted by Crippen LogP contribution is 2.38. The average Bonchev–Trinajstić information content (AvgIpc) is 1.34. The number of hydrogen-bond donors (Lipinski definition) is 0. The number of aromatic nitrogens is 4. The molecular formula is C68H58N4OSi. The molecule has 3 heterocycles. The minimum Gasteiger partial charge on any atom is -0.458 e. The van der Waals surface area contributed by atoms with Gasteiger partial charge >= 0.3 is 0 Å². The van der Waals surface area contributed by atoms with E-state index in [1.165, 1.54) is 0 Å². The van der Waals surface area contributed by atoms with Gasteiger partial charge in [0, 0.05) is 23.0 Å². The summed E-state index contributed by atoms with van der Waals surface area (Å²) in [6, 6.07) is 18.6. The van der Waals surface area contributed by atoms with Crippen molar-refractivity contribution in [1.82, 2.24) is 14.1 Å². The normalized spacial score (nSPS) is 15.8. The quantitative estimate of drug-likeness (QED) is 0.0592. The van der Waals surface area contributed by atoms with Crippen LogP contribution >= 0.6 is 0 Å². The van der Waals surface area contributed by atoms with Crippen LogP contribution in [0, 0.1) is 6.33 Å². The third-order valence-corrected chi connectivity index (χ3v) is 17.3. The van der Waals surface area contributed by atoms with Crippen LogP contribution in [-0.2, 0) is 10.8 Å². The van der Waals surface area contributed by atoms with Gasteiger partial charge in [-0.15, -0.1) is 0 Å². The van der Waals surface area contributed by atoms with E-state index in [9.17, 15) is 13.7 Å². The smallest absolute Gasteiger partial charge is 0.269 e. The zero-order valence-corrected chi connectivity index (χ0v) is 42.3. The molecular weight excluding hydrogens is 917 g/mol. The van der Waals surface area contributed by atoms with E-state index in [0.29, 0.717) is 33.8 Å². The second kappa shape index (κ2) is 18.5. The van der Waals surface area contributed by atoms with Gasteiger partial charge in [0.1, 0.15) is 17.3 Å². The third kappa shape index (κ3) is 8.12. The fraction of sp³-hybridized carbons (Fsp3) is 0.118. The summed E-state index contributed by atoms with van der Waals surface area (Å²) in [6.07, 6.45) is 5.37. The van der Waals surface area contributed by atoms with Crippen LogP contribution in [0.5, 0.6) is 11.5 Å². The van der Waals surface area contributed by atoms with Gasteiger partial charge in [-0.1, -0.05) is 223 Å². The zero-order chi connectivity index (χ0) is 67.1. The number of rotatable bonds is 10. The Bertz CT molecular complexity index is 4930. The molecule has 0 fully saturated rings. The molecule has 0 atom stereocenters. The lowest BCUT2D eigenvalue weighted by atomic mass is 9.83. The molecule has 0 saturated heterocycles. The number of para-hydroxylation sites is 4. The van der Waals surface area contributed by atoms with Gasteiger partial charge in [0.15, 0.2) is 8.07 Å². The van der Waals surface area contributed by atoms with E-state index in [1.54, 1.807) is 27.3 Å². The van der Waals surface area contributed by atoms with Gasteiger partial charge in [-0.2, -0.15) is 0 Å². The Balaban J connectivity index is 1.12. The zero-order valence-electron chi connectivity index (χ0n) is 60.3. The minimum absolute atomic E-state index is 0.0348. The van der Waals surface area contributed by atoms with Crippen LogP contribution in [0.3, 0.4) is 0 Å². The topological polar surface area (TPSA) is 35.9 Å². The first-order chi connectivity index (χ1) is 43.8. The van der Waals surface area contributed by atoms with Crippen LogP contribution in [0.25, 0.3) is 61.2 Å². The summed E-state index contributed by atoms with van der Waals surface area (Å²) in [4.78, 5) is 4.84. The van der Waals surface area contributed by atoms with Crippen LogP contribution in [0.15, 0.2) is 242 Å². The lowest BCUT2D eigenvalue weighted by Gasteiger charge is -2.35. The summed E-state index contributed by atoms with van der Waals surface area (Å²) in [5.74, 6) is 1.76. The maximum atomic E-state index is 10.7. The van der Waals surface area contributed by atoms with E-state index in [1.807, 2.05) is 112 Å². The molecule has 0 radical (unpaired) electrons. The highest BCUT2D eigenvalue weighted by Gasteiger charge is 2.41. The first-order valence-electron chi connectivity index (χ1n) is 33.6. The average molecular weight is 994 g/mol. The first-order valence-corrected chi connectivity index (χ1v) is 26.1. The Morgan fingerprint density at radius 2 is 1.16 bits per heavy atom. The van der Waals surface area contributed by atoms with E-state index >= 15 is 0 Å². The van der Waals surface area contributed by atoms with Gasteiger partial charge in [0.05, 0.1) is 59.5 Å². The number of hydrogen-bond acceptors (Lipinski definition) is 2.